The summed E-state index contributed by atoms with van der Waals surface area (Å²) in [6.45, 7) is 5.01. The van der Waals surface area contributed by atoms with Gasteiger partial charge in [-0.2, -0.15) is 0 Å². The highest BCUT2D eigenvalue weighted by Crippen LogP contribution is 2.27. The van der Waals surface area contributed by atoms with E-state index in [1.807, 2.05) is 36.6 Å². The summed E-state index contributed by atoms with van der Waals surface area (Å²) in [5.74, 6) is -1.14. The fourth-order valence-electron chi connectivity index (χ4n) is 2.78. The van der Waals surface area contributed by atoms with Crippen molar-refractivity contribution in [2.75, 3.05) is 5.32 Å². The third-order valence-electron chi connectivity index (χ3n) is 4.29. The van der Waals surface area contributed by atoms with Crippen LogP contribution in [-0.2, 0) is 4.79 Å². The predicted molar refractivity (Wildman–Crippen MR) is 109 cm³/mol. The standard InChI is InChI=1S/C21H20FN3O2S/c1-12-5-4-6-17(19(12)22)20(27)25-21-24-18(11-28-21)16-9-7-15(8-10-16)13(2)23-14(3)26/h4-11,13H,1-3H3,(H,23,26)(H,24,25,27)/t13-/m1/s1. The monoisotopic (exact) mass is 397 g/mol. The highest BCUT2D eigenvalue weighted by Gasteiger charge is 2.15. The number of aromatic nitrogens is 1. The molecule has 3 rings (SSSR count). The van der Waals surface area contributed by atoms with Crippen molar-refractivity contribution < 1.29 is 14.0 Å². The van der Waals surface area contributed by atoms with Crippen LogP contribution in [0.2, 0.25) is 0 Å². The predicted octanol–water partition coefficient (Wildman–Crippen LogP) is 4.71. The van der Waals surface area contributed by atoms with E-state index >= 15 is 0 Å². The van der Waals surface area contributed by atoms with E-state index in [0.29, 0.717) is 16.4 Å². The summed E-state index contributed by atoms with van der Waals surface area (Å²) in [6, 6.07) is 12.3. The van der Waals surface area contributed by atoms with Gasteiger partial charge in [-0.3, -0.25) is 14.9 Å². The molecule has 7 heteroatoms. The van der Waals surface area contributed by atoms with Crippen LogP contribution in [0.25, 0.3) is 11.3 Å². The van der Waals surface area contributed by atoms with E-state index in [-0.39, 0.29) is 17.5 Å². The molecule has 1 heterocycles. The quantitative estimate of drug-likeness (QED) is 0.655. The lowest BCUT2D eigenvalue weighted by molar-refractivity contribution is -0.119. The number of halogens is 1. The van der Waals surface area contributed by atoms with Crippen LogP contribution in [0.15, 0.2) is 47.8 Å². The van der Waals surface area contributed by atoms with E-state index in [4.69, 9.17) is 0 Å². The molecule has 0 saturated carbocycles. The van der Waals surface area contributed by atoms with Gasteiger partial charge in [-0.1, -0.05) is 36.4 Å². The summed E-state index contributed by atoms with van der Waals surface area (Å²) < 4.78 is 14.1. The zero-order valence-electron chi connectivity index (χ0n) is 15.7. The minimum absolute atomic E-state index is 0.00642. The molecule has 0 aliphatic heterocycles. The summed E-state index contributed by atoms with van der Waals surface area (Å²) in [6.07, 6.45) is 0. The van der Waals surface area contributed by atoms with Crippen LogP contribution >= 0.6 is 11.3 Å². The van der Waals surface area contributed by atoms with Crippen LogP contribution in [0.5, 0.6) is 0 Å². The SMILES string of the molecule is CC(=O)N[C@H](C)c1ccc(-c2csc(NC(=O)c3cccc(C)c3F)n2)cc1. The fraction of sp³-hybridized carbons (Fsp3) is 0.190. The number of thiazole rings is 1. The van der Waals surface area contributed by atoms with E-state index in [1.54, 1.807) is 19.1 Å². The Hall–Kier alpha value is -3.06. The number of hydrogen-bond donors (Lipinski definition) is 2. The number of carbonyl (C=O) groups is 2. The Bertz CT molecular complexity index is 1010. The van der Waals surface area contributed by atoms with Crippen molar-refractivity contribution in [3.63, 3.8) is 0 Å². The first-order valence-electron chi connectivity index (χ1n) is 8.74. The van der Waals surface area contributed by atoms with E-state index in [1.165, 1.54) is 24.3 Å². The third-order valence-corrected chi connectivity index (χ3v) is 5.05. The zero-order chi connectivity index (χ0) is 20.3. The summed E-state index contributed by atoms with van der Waals surface area (Å²) >= 11 is 1.27. The van der Waals surface area contributed by atoms with E-state index in [2.05, 4.69) is 15.6 Å². The molecule has 0 saturated heterocycles. The van der Waals surface area contributed by atoms with Gasteiger partial charge in [0.1, 0.15) is 5.82 Å². The molecule has 0 radical (unpaired) electrons. The van der Waals surface area contributed by atoms with Crippen molar-refractivity contribution in [3.05, 3.63) is 70.4 Å². The molecule has 1 aromatic heterocycles. The average Bonchev–Trinajstić information content (AvgIpc) is 3.12. The Morgan fingerprint density at radius 2 is 1.86 bits per heavy atom. The van der Waals surface area contributed by atoms with Gasteiger partial charge in [0.15, 0.2) is 5.13 Å². The largest absolute Gasteiger partial charge is 0.350 e. The first-order valence-corrected chi connectivity index (χ1v) is 9.62. The maximum atomic E-state index is 14.1. The minimum atomic E-state index is -0.527. The van der Waals surface area contributed by atoms with Gasteiger partial charge in [0, 0.05) is 17.9 Å². The van der Waals surface area contributed by atoms with Crippen molar-refractivity contribution in [2.45, 2.75) is 26.8 Å². The van der Waals surface area contributed by atoms with Gasteiger partial charge in [0.25, 0.3) is 5.91 Å². The number of anilines is 1. The smallest absolute Gasteiger partial charge is 0.260 e. The molecule has 2 aromatic carbocycles. The number of benzene rings is 2. The van der Waals surface area contributed by atoms with Crippen molar-refractivity contribution in [2.24, 2.45) is 0 Å². The van der Waals surface area contributed by atoms with Crippen molar-refractivity contribution in [1.29, 1.82) is 0 Å². The molecule has 3 aromatic rings. The normalized spacial score (nSPS) is 11.7. The van der Waals surface area contributed by atoms with Gasteiger partial charge < -0.3 is 5.32 Å². The molecular weight excluding hydrogens is 377 g/mol. The first-order chi connectivity index (χ1) is 13.3. The molecule has 0 bridgehead atoms. The molecule has 5 nitrogen and oxygen atoms in total. The lowest BCUT2D eigenvalue weighted by Crippen LogP contribution is -2.23. The minimum Gasteiger partial charge on any atom is -0.350 e. The van der Waals surface area contributed by atoms with Crippen molar-refractivity contribution in [1.82, 2.24) is 10.3 Å². The third kappa shape index (κ3) is 4.43. The highest BCUT2D eigenvalue weighted by molar-refractivity contribution is 7.14. The molecule has 0 aliphatic rings. The van der Waals surface area contributed by atoms with Gasteiger partial charge in [0.05, 0.1) is 17.3 Å². The Labute approximate surface area is 166 Å². The molecule has 0 spiro atoms. The molecule has 144 valence electrons. The number of amides is 2. The first kappa shape index (κ1) is 19.7. The molecule has 1 atom stereocenters. The second-order valence-electron chi connectivity index (χ2n) is 6.47. The topological polar surface area (TPSA) is 71.1 Å². The Kier molecular flexibility index (Phi) is 5.84. The zero-order valence-corrected chi connectivity index (χ0v) is 16.6. The second-order valence-corrected chi connectivity index (χ2v) is 7.33. The lowest BCUT2D eigenvalue weighted by Gasteiger charge is -2.13. The number of rotatable bonds is 5. The van der Waals surface area contributed by atoms with Gasteiger partial charge in [-0.15, -0.1) is 11.3 Å². The van der Waals surface area contributed by atoms with Crippen LogP contribution in [0.4, 0.5) is 9.52 Å². The fourth-order valence-corrected chi connectivity index (χ4v) is 3.50. The summed E-state index contributed by atoms with van der Waals surface area (Å²) in [7, 11) is 0. The molecule has 2 amide bonds. The maximum Gasteiger partial charge on any atom is 0.260 e. The molecule has 0 unspecified atom stereocenters. The Morgan fingerprint density at radius 3 is 2.54 bits per heavy atom. The highest BCUT2D eigenvalue weighted by atomic mass is 32.1. The van der Waals surface area contributed by atoms with Gasteiger partial charge in [0.2, 0.25) is 5.91 Å². The van der Waals surface area contributed by atoms with E-state index in [9.17, 15) is 14.0 Å². The summed E-state index contributed by atoms with van der Waals surface area (Å²) in [5, 5.41) is 7.71. The molecular formula is C21H20FN3O2S. The number of carbonyl (C=O) groups excluding carboxylic acids is 2. The second kappa shape index (κ2) is 8.31. The average molecular weight is 397 g/mol. The van der Waals surface area contributed by atoms with Crippen LogP contribution in [-0.4, -0.2) is 16.8 Å². The summed E-state index contributed by atoms with van der Waals surface area (Å²) in [5.41, 5.74) is 2.99. The molecule has 2 N–H and O–H groups in total. The van der Waals surface area contributed by atoms with E-state index in [0.717, 1.165) is 11.1 Å². The van der Waals surface area contributed by atoms with Crippen LogP contribution in [0.3, 0.4) is 0 Å². The van der Waals surface area contributed by atoms with Crippen LogP contribution < -0.4 is 10.6 Å². The van der Waals surface area contributed by atoms with E-state index < -0.39 is 11.7 Å². The van der Waals surface area contributed by atoms with Crippen LogP contribution in [0.1, 0.15) is 41.4 Å². The van der Waals surface area contributed by atoms with Gasteiger partial charge in [-0.05, 0) is 31.0 Å². The molecule has 0 aliphatic carbocycles. The molecule has 28 heavy (non-hydrogen) atoms. The van der Waals surface area contributed by atoms with Crippen molar-refractivity contribution in [3.8, 4) is 11.3 Å². The number of hydrogen-bond acceptors (Lipinski definition) is 4. The lowest BCUT2D eigenvalue weighted by atomic mass is 10.1. The number of nitrogens with one attached hydrogen (secondary N) is 2. The van der Waals surface area contributed by atoms with Gasteiger partial charge >= 0.3 is 0 Å². The van der Waals surface area contributed by atoms with Gasteiger partial charge in [-0.25, -0.2) is 9.37 Å². The van der Waals surface area contributed by atoms with Crippen LogP contribution in [0, 0.1) is 12.7 Å². The number of nitrogens with zero attached hydrogens (tertiary/aromatic N) is 1. The Balaban J connectivity index is 1.72. The number of aryl methyl sites for hydroxylation is 1. The maximum absolute atomic E-state index is 14.1. The summed E-state index contributed by atoms with van der Waals surface area (Å²) in [4.78, 5) is 27.9. The molecule has 0 fully saturated rings. The van der Waals surface area contributed by atoms with Crippen molar-refractivity contribution >= 4 is 28.3 Å². The Morgan fingerprint density at radius 1 is 1.14 bits per heavy atom.